The van der Waals surface area contributed by atoms with Gasteiger partial charge < -0.3 is 10.6 Å². The summed E-state index contributed by atoms with van der Waals surface area (Å²) < 4.78 is 1.53. The number of nitrogen functional groups attached to an aromatic ring is 1. The predicted octanol–water partition coefficient (Wildman–Crippen LogP) is 0.370. The Morgan fingerprint density at radius 1 is 1.71 bits per heavy atom. The van der Waals surface area contributed by atoms with E-state index in [9.17, 15) is 4.79 Å². The van der Waals surface area contributed by atoms with Crippen LogP contribution in [0.2, 0.25) is 0 Å². The molecule has 1 aliphatic rings. The van der Waals surface area contributed by atoms with E-state index in [1.54, 1.807) is 17.2 Å². The molecule has 1 heterocycles. The Morgan fingerprint density at radius 2 is 2.47 bits per heavy atom. The van der Waals surface area contributed by atoms with Crippen molar-refractivity contribution in [2.45, 2.75) is 31.8 Å². The summed E-state index contributed by atoms with van der Waals surface area (Å²) in [7, 11) is 0. The van der Waals surface area contributed by atoms with Gasteiger partial charge in [-0.1, -0.05) is 0 Å². The summed E-state index contributed by atoms with van der Waals surface area (Å²) in [5.41, 5.74) is 5.48. The second-order valence-electron chi connectivity index (χ2n) is 4.16. The molecule has 6 heteroatoms. The van der Waals surface area contributed by atoms with Gasteiger partial charge in [0.1, 0.15) is 12.4 Å². The number of aromatic nitrogens is 2. The van der Waals surface area contributed by atoms with Crippen molar-refractivity contribution in [3.05, 3.63) is 12.3 Å². The SMILES string of the molecule is N#CCCN(C(=O)Cn1ccc(N)n1)C1CC1. The number of hydrogen-bond donors (Lipinski definition) is 1. The topological polar surface area (TPSA) is 87.9 Å². The lowest BCUT2D eigenvalue weighted by Crippen LogP contribution is -2.36. The minimum absolute atomic E-state index is 0.00542. The summed E-state index contributed by atoms with van der Waals surface area (Å²) in [5.74, 6) is 0.415. The van der Waals surface area contributed by atoms with Crippen LogP contribution in [0.4, 0.5) is 5.82 Å². The molecule has 0 saturated heterocycles. The van der Waals surface area contributed by atoms with Crippen LogP contribution in [0.15, 0.2) is 12.3 Å². The van der Waals surface area contributed by atoms with Crippen LogP contribution in [0.25, 0.3) is 0 Å². The highest BCUT2D eigenvalue weighted by atomic mass is 16.2. The molecule has 0 radical (unpaired) electrons. The molecule has 1 saturated carbocycles. The molecule has 0 unspecified atom stereocenters. The number of anilines is 1. The molecule has 90 valence electrons. The molecule has 2 rings (SSSR count). The fraction of sp³-hybridized carbons (Fsp3) is 0.545. The second kappa shape index (κ2) is 4.87. The Bertz CT molecular complexity index is 443. The molecule has 0 aliphatic heterocycles. The zero-order valence-corrected chi connectivity index (χ0v) is 9.54. The quantitative estimate of drug-likeness (QED) is 0.795. The molecule has 2 N–H and O–H groups in total. The van der Waals surface area contributed by atoms with Gasteiger partial charge in [-0.3, -0.25) is 9.48 Å². The number of carbonyl (C=O) groups excluding carboxylic acids is 1. The van der Waals surface area contributed by atoms with Crippen LogP contribution in [0.3, 0.4) is 0 Å². The summed E-state index contributed by atoms with van der Waals surface area (Å²) >= 11 is 0. The van der Waals surface area contributed by atoms with Crippen molar-refractivity contribution in [1.82, 2.24) is 14.7 Å². The van der Waals surface area contributed by atoms with Crippen molar-refractivity contribution in [1.29, 1.82) is 5.26 Å². The van der Waals surface area contributed by atoms with Crippen molar-refractivity contribution in [2.75, 3.05) is 12.3 Å². The third-order valence-electron chi connectivity index (χ3n) is 2.73. The average molecular weight is 233 g/mol. The van der Waals surface area contributed by atoms with Crippen LogP contribution in [-0.4, -0.2) is 33.2 Å². The van der Waals surface area contributed by atoms with E-state index in [1.165, 1.54) is 4.68 Å². The van der Waals surface area contributed by atoms with Crippen molar-refractivity contribution in [3.8, 4) is 6.07 Å². The molecular weight excluding hydrogens is 218 g/mol. The van der Waals surface area contributed by atoms with Crippen LogP contribution in [0.1, 0.15) is 19.3 Å². The van der Waals surface area contributed by atoms with Gasteiger partial charge in [0.15, 0.2) is 0 Å². The number of carbonyl (C=O) groups is 1. The summed E-state index contributed by atoms with van der Waals surface area (Å²) in [6.07, 6.45) is 4.14. The minimum Gasteiger partial charge on any atom is -0.382 e. The lowest BCUT2D eigenvalue weighted by atomic mass is 10.3. The van der Waals surface area contributed by atoms with Gasteiger partial charge in [0.05, 0.1) is 12.5 Å². The van der Waals surface area contributed by atoms with Crippen LogP contribution in [0.5, 0.6) is 0 Å². The van der Waals surface area contributed by atoms with Crippen LogP contribution in [0, 0.1) is 11.3 Å². The molecule has 0 spiro atoms. The minimum atomic E-state index is 0.00542. The molecule has 17 heavy (non-hydrogen) atoms. The Balaban J connectivity index is 1.94. The maximum Gasteiger partial charge on any atom is 0.244 e. The number of amides is 1. The van der Waals surface area contributed by atoms with Gasteiger partial charge in [-0.2, -0.15) is 10.4 Å². The Hall–Kier alpha value is -2.03. The van der Waals surface area contributed by atoms with Crippen LogP contribution in [-0.2, 0) is 11.3 Å². The molecule has 1 amide bonds. The van der Waals surface area contributed by atoms with E-state index in [-0.39, 0.29) is 12.5 Å². The van der Waals surface area contributed by atoms with E-state index in [4.69, 9.17) is 11.0 Å². The van der Waals surface area contributed by atoms with Crippen molar-refractivity contribution < 1.29 is 4.79 Å². The largest absolute Gasteiger partial charge is 0.382 e. The third-order valence-corrected chi connectivity index (χ3v) is 2.73. The third kappa shape index (κ3) is 2.97. The fourth-order valence-corrected chi connectivity index (χ4v) is 1.76. The van der Waals surface area contributed by atoms with Crippen LogP contribution < -0.4 is 5.73 Å². The standard InChI is InChI=1S/C11H15N5O/c12-5-1-6-16(9-2-3-9)11(17)8-15-7-4-10(13)14-15/h4,7,9H,1-3,6,8H2,(H2,13,14). The highest BCUT2D eigenvalue weighted by Crippen LogP contribution is 2.27. The summed E-state index contributed by atoms with van der Waals surface area (Å²) in [4.78, 5) is 13.8. The lowest BCUT2D eigenvalue weighted by Gasteiger charge is -2.21. The van der Waals surface area contributed by atoms with Gasteiger partial charge in [-0.25, -0.2) is 0 Å². The zero-order valence-electron chi connectivity index (χ0n) is 9.54. The molecule has 1 fully saturated rings. The first kappa shape index (κ1) is 11.5. The first-order valence-corrected chi connectivity index (χ1v) is 5.66. The van der Waals surface area contributed by atoms with Gasteiger partial charge in [-0.05, 0) is 18.9 Å². The predicted molar refractivity (Wildman–Crippen MR) is 61.6 cm³/mol. The van der Waals surface area contributed by atoms with Crippen molar-refractivity contribution in [3.63, 3.8) is 0 Å². The van der Waals surface area contributed by atoms with E-state index in [1.807, 2.05) is 0 Å². The number of rotatable bonds is 5. The number of hydrogen-bond acceptors (Lipinski definition) is 4. The maximum absolute atomic E-state index is 12.0. The molecule has 6 nitrogen and oxygen atoms in total. The molecule has 0 atom stereocenters. The molecule has 0 aromatic carbocycles. The van der Waals surface area contributed by atoms with Gasteiger partial charge in [0.2, 0.25) is 5.91 Å². The van der Waals surface area contributed by atoms with Gasteiger partial charge in [-0.15, -0.1) is 0 Å². The van der Waals surface area contributed by atoms with E-state index in [0.717, 1.165) is 12.8 Å². The summed E-state index contributed by atoms with van der Waals surface area (Å²) in [6.45, 7) is 0.704. The molecule has 1 aliphatic carbocycles. The number of nitrogens with two attached hydrogens (primary N) is 1. The lowest BCUT2D eigenvalue weighted by molar-refractivity contribution is -0.132. The first-order chi connectivity index (χ1) is 8.20. The summed E-state index contributed by atoms with van der Waals surface area (Å²) in [5, 5.41) is 12.5. The van der Waals surface area contributed by atoms with Gasteiger partial charge >= 0.3 is 0 Å². The number of nitrogens with zero attached hydrogens (tertiary/aromatic N) is 4. The molecule has 1 aromatic heterocycles. The van der Waals surface area contributed by atoms with Gasteiger partial charge in [0, 0.05) is 18.8 Å². The monoisotopic (exact) mass is 233 g/mol. The Morgan fingerprint density at radius 3 is 3.00 bits per heavy atom. The Labute approximate surface area is 99.6 Å². The molecule has 0 bridgehead atoms. The second-order valence-corrected chi connectivity index (χ2v) is 4.16. The Kier molecular flexibility index (Phi) is 3.28. The molecule has 1 aromatic rings. The van der Waals surface area contributed by atoms with E-state index in [2.05, 4.69) is 11.2 Å². The summed E-state index contributed by atoms with van der Waals surface area (Å²) in [6, 6.07) is 4.05. The zero-order chi connectivity index (χ0) is 12.3. The molecular formula is C11H15N5O. The van der Waals surface area contributed by atoms with E-state index >= 15 is 0 Å². The highest BCUT2D eigenvalue weighted by Gasteiger charge is 2.32. The number of nitriles is 1. The normalized spacial score (nSPS) is 14.3. The van der Waals surface area contributed by atoms with Crippen molar-refractivity contribution in [2.24, 2.45) is 0 Å². The maximum atomic E-state index is 12.0. The average Bonchev–Trinajstić information content (AvgIpc) is 3.04. The first-order valence-electron chi connectivity index (χ1n) is 5.66. The highest BCUT2D eigenvalue weighted by molar-refractivity contribution is 5.76. The van der Waals surface area contributed by atoms with Crippen LogP contribution >= 0.6 is 0 Å². The van der Waals surface area contributed by atoms with Gasteiger partial charge in [0.25, 0.3) is 0 Å². The fourth-order valence-electron chi connectivity index (χ4n) is 1.76. The van der Waals surface area contributed by atoms with Crippen molar-refractivity contribution >= 4 is 11.7 Å². The smallest absolute Gasteiger partial charge is 0.244 e. The van der Waals surface area contributed by atoms with E-state index < -0.39 is 0 Å². The van der Waals surface area contributed by atoms with E-state index in [0.29, 0.717) is 24.8 Å².